The van der Waals surface area contributed by atoms with E-state index in [0.29, 0.717) is 17.1 Å². The van der Waals surface area contributed by atoms with Gasteiger partial charge in [-0.25, -0.2) is 0 Å². The Hall–Kier alpha value is -1.23. The molecule has 0 spiro atoms. The minimum atomic E-state index is 0.0409. The van der Waals surface area contributed by atoms with E-state index in [0.717, 1.165) is 24.7 Å². The second-order valence-electron chi connectivity index (χ2n) is 4.55. The molecule has 4 nitrogen and oxygen atoms in total. The Morgan fingerprint density at radius 1 is 1.32 bits per heavy atom. The molecule has 0 aliphatic carbocycles. The summed E-state index contributed by atoms with van der Waals surface area (Å²) >= 11 is 3.47. The van der Waals surface area contributed by atoms with Crippen LogP contribution < -0.4 is 9.47 Å². The van der Waals surface area contributed by atoms with Crippen LogP contribution in [0.4, 0.5) is 0 Å². The van der Waals surface area contributed by atoms with Crippen molar-refractivity contribution >= 4 is 21.8 Å². The molecule has 1 atom stereocenters. The van der Waals surface area contributed by atoms with Crippen LogP contribution in [0.25, 0.3) is 0 Å². The van der Waals surface area contributed by atoms with Gasteiger partial charge >= 0.3 is 0 Å². The van der Waals surface area contributed by atoms with E-state index in [2.05, 4.69) is 15.9 Å². The molecule has 1 aromatic carbocycles. The maximum atomic E-state index is 12.5. The van der Waals surface area contributed by atoms with Crippen LogP contribution in [0.5, 0.6) is 11.5 Å². The number of hydrogen-bond acceptors (Lipinski definition) is 3. The molecule has 0 unspecified atom stereocenters. The Kier molecular flexibility index (Phi) is 4.69. The van der Waals surface area contributed by atoms with Crippen molar-refractivity contribution in [2.45, 2.75) is 18.9 Å². The highest BCUT2D eigenvalue weighted by molar-refractivity contribution is 9.09. The molecule has 1 heterocycles. The molecule has 0 N–H and O–H groups in total. The van der Waals surface area contributed by atoms with Gasteiger partial charge in [-0.1, -0.05) is 15.9 Å². The molecular formula is C14H18BrNO3. The maximum absolute atomic E-state index is 12.5. The molecular weight excluding hydrogens is 310 g/mol. The lowest BCUT2D eigenvalue weighted by atomic mass is 10.1. The van der Waals surface area contributed by atoms with Gasteiger partial charge in [0.15, 0.2) is 0 Å². The predicted octanol–water partition coefficient (Wildman–Crippen LogP) is 2.70. The van der Waals surface area contributed by atoms with E-state index < -0.39 is 0 Å². The summed E-state index contributed by atoms with van der Waals surface area (Å²) in [6.45, 7) is 0.814. The van der Waals surface area contributed by atoms with Gasteiger partial charge in [-0.2, -0.15) is 0 Å². The van der Waals surface area contributed by atoms with Crippen molar-refractivity contribution in [2.75, 3.05) is 26.1 Å². The van der Waals surface area contributed by atoms with Gasteiger partial charge < -0.3 is 14.4 Å². The molecule has 1 fully saturated rings. The van der Waals surface area contributed by atoms with Crippen LogP contribution in [0.2, 0.25) is 0 Å². The van der Waals surface area contributed by atoms with E-state index in [9.17, 15) is 4.79 Å². The van der Waals surface area contributed by atoms with Crippen molar-refractivity contribution in [2.24, 2.45) is 0 Å². The lowest BCUT2D eigenvalue weighted by molar-refractivity contribution is 0.0750. The van der Waals surface area contributed by atoms with E-state index in [1.165, 1.54) is 0 Å². The second kappa shape index (κ2) is 6.28. The van der Waals surface area contributed by atoms with Gasteiger partial charge in [0.2, 0.25) is 0 Å². The first-order valence-corrected chi connectivity index (χ1v) is 7.41. The summed E-state index contributed by atoms with van der Waals surface area (Å²) in [6, 6.07) is 5.57. The van der Waals surface area contributed by atoms with Crippen LogP contribution in [0.15, 0.2) is 18.2 Å². The minimum absolute atomic E-state index is 0.0409. The first-order valence-electron chi connectivity index (χ1n) is 6.29. The van der Waals surface area contributed by atoms with Crippen LogP contribution in [0.3, 0.4) is 0 Å². The van der Waals surface area contributed by atoms with E-state index >= 15 is 0 Å². The summed E-state index contributed by atoms with van der Waals surface area (Å²) in [5.74, 6) is 1.31. The van der Waals surface area contributed by atoms with Gasteiger partial charge in [-0.3, -0.25) is 4.79 Å². The molecule has 0 bridgehead atoms. The molecule has 19 heavy (non-hydrogen) atoms. The normalized spacial score (nSPS) is 18.5. The molecule has 1 aliphatic rings. The third kappa shape index (κ3) is 3.03. The summed E-state index contributed by atoms with van der Waals surface area (Å²) in [5, 5.41) is 0.819. The highest BCUT2D eigenvalue weighted by Crippen LogP contribution is 2.26. The lowest BCUT2D eigenvalue weighted by Crippen LogP contribution is -2.36. The lowest BCUT2D eigenvalue weighted by Gasteiger charge is -2.23. The number of nitrogens with zero attached hydrogens (tertiary/aromatic N) is 1. The first kappa shape index (κ1) is 14.2. The first-order chi connectivity index (χ1) is 9.19. The molecule has 104 valence electrons. The summed E-state index contributed by atoms with van der Waals surface area (Å²) in [4.78, 5) is 14.5. The number of carbonyl (C=O) groups excluding carboxylic acids is 1. The van der Waals surface area contributed by atoms with Gasteiger partial charge in [0, 0.05) is 29.5 Å². The third-order valence-corrected chi connectivity index (χ3v) is 4.16. The molecule has 5 heteroatoms. The van der Waals surface area contributed by atoms with Gasteiger partial charge in [-0.15, -0.1) is 0 Å². The molecule has 1 saturated heterocycles. The van der Waals surface area contributed by atoms with Crippen molar-refractivity contribution in [3.05, 3.63) is 23.8 Å². The van der Waals surface area contributed by atoms with Gasteiger partial charge in [0.05, 0.1) is 14.2 Å². The molecule has 1 aliphatic heterocycles. The number of likely N-dealkylation sites (tertiary alicyclic amines) is 1. The van der Waals surface area contributed by atoms with E-state index in [1.807, 2.05) is 4.90 Å². The Balaban J connectivity index is 2.27. The van der Waals surface area contributed by atoms with Crippen LogP contribution in [-0.2, 0) is 0 Å². The van der Waals surface area contributed by atoms with E-state index in [-0.39, 0.29) is 11.9 Å². The fourth-order valence-electron chi connectivity index (χ4n) is 2.36. The molecule has 2 rings (SSSR count). The van der Waals surface area contributed by atoms with Crippen molar-refractivity contribution in [3.63, 3.8) is 0 Å². The average Bonchev–Trinajstić information content (AvgIpc) is 2.94. The highest BCUT2D eigenvalue weighted by atomic mass is 79.9. The Morgan fingerprint density at radius 2 is 1.95 bits per heavy atom. The summed E-state index contributed by atoms with van der Waals surface area (Å²) < 4.78 is 10.4. The van der Waals surface area contributed by atoms with E-state index in [4.69, 9.17) is 9.47 Å². The predicted molar refractivity (Wildman–Crippen MR) is 77.4 cm³/mol. The Bertz CT molecular complexity index is 442. The molecule has 1 aromatic rings. The number of methoxy groups -OCH3 is 2. The number of ether oxygens (including phenoxy) is 2. The summed E-state index contributed by atoms with van der Waals surface area (Å²) in [6.07, 6.45) is 2.11. The smallest absolute Gasteiger partial charge is 0.254 e. The van der Waals surface area contributed by atoms with E-state index in [1.54, 1.807) is 32.4 Å². The summed E-state index contributed by atoms with van der Waals surface area (Å²) in [5.41, 5.74) is 0.615. The largest absolute Gasteiger partial charge is 0.497 e. The maximum Gasteiger partial charge on any atom is 0.254 e. The zero-order chi connectivity index (χ0) is 13.8. The van der Waals surface area contributed by atoms with Crippen molar-refractivity contribution in [1.29, 1.82) is 0 Å². The number of halogens is 1. The number of benzene rings is 1. The van der Waals surface area contributed by atoms with Crippen molar-refractivity contribution < 1.29 is 14.3 Å². The monoisotopic (exact) mass is 327 g/mol. The van der Waals surface area contributed by atoms with Crippen LogP contribution in [0.1, 0.15) is 23.2 Å². The minimum Gasteiger partial charge on any atom is -0.497 e. The molecule has 0 radical (unpaired) electrons. The fraction of sp³-hybridized carbons (Fsp3) is 0.500. The SMILES string of the molecule is COc1cc(OC)cc(C(=O)N2CCC[C@H]2CBr)c1. The molecule has 1 amide bonds. The number of carbonyl (C=O) groups is 1. The third-order valence-electron chi connectivity index (χ3n) is 3.41. The standard InChI is InChI=1S/C14H18BrNO3/c1-18-12-6-10(7-13(8-12)19-2)14(17)16-5-3-4-11(16)9-15/h6-8,11H,3-5,9H2,1-2H3/t11-/m0/s1. The fourth-order valence-corrected chi connectivity index (χ4v) is 3.03. The highest BCUT2D eigenvalue weighted by Gasteiger charge is 2.28. The van der Waals surface area contributed by atoms with Crippen LogP contribution in [0, 0.1) is 0 Å². The summed E-state index contributed by atoms with van der Waals surface area (Å²) in [7, 11) is 3.17. The van der Waals surface area contributed by atoms with Crippen molar-refractivity contribution in [3.8, 4) is 11.5 Å². The second-order valence-corrected chi connectivity index (χ2v) is 5.20. The Labute approximate surface area is 121 Å². The number of hydrogen-bond donors (Lipinski definition) is 0. The molecule has 0 saturated carbocycles. The van der Waals surface area contributed by atoms with Gasteiger partial charge in [0.1, 0.15) is 11.5 Å². The number of alkyl halides is 1. The van der Waals surface area contributed by atoms with Crippen LogP contribution >= 0.6 is 15.9 Å². The Morgan fingerprint density at radius 3 is 2.47 bits per heavy atom. The quantitative estimate of drug-likeness (QED) is 0.798. The van der Waals surface area contributed by atoms with Gasteiger partial charge in [-0.05, 0) is 25.0 Å². The number of amides is 1. The number of rotatable bonds is 4. The van der Waals surface area contributed by atoms with Gasteiger partial charge in [0.25, 0.3) is 5.91 Å². The van der Waals surface area contributed by atoms with Crippen molar-refractivity contribution in [1.82, 2.24) is 4.90 Å². The topological polar surface area (TPSA) is 38.8 Å². The zero-order valence-electron chi connectivity index (χ0n) is 11.2. The zero-order valence-corrected chi connectivity index (χ0v) is 12.8. The van der Waals surface area contributed by atoms with Crippen LogP contribution in [-0.4, -0.2) is 42.9 Å². The molecule has 0 aromatic heterocycles. The average molecular weight is 328 g/mol.